The predicted molar refractivity (Wildman–Crippen MR) is 64.9 cm³/mol. The van der Waals surface area contributed by atoms with E-state index in [1.54, 1.807) is 0 Å². The Bertz CT molecular complexity index is 251. The molecule has 0 heterocycles. The second-order valence-corrected chi connectivity index (χ2v) is 3.56. The lowest BCUT2D eigenvalue weighted by Gasteiger charge is -2.25. The van der Waals surface area contributed by atoms with Gasteiger partial charge in [-0.15, -0.1) is 17.0 Å². The van der Waals surface area contributed by atoms with Gasteiger partial charge in [-0.2, -0.15) is 0 Å². The van der Waals surface area contributed by atoms with Crippen molar-refractivity contribution in [1.29, 1.82) is 0 Å². The minimum atomic E-state index is -0.406. The summed E-state index contributed by atoms with van der Waals surface area (Å²) in [6, 6.07) is 9.88. The molecule has 0 radical (unpaired) electrons. The van der Waals surface area contributed by atoms with E-state index in [0.717, 1.165) is 5.56 Å². The van der Waals surface area contributed by atoms with Gasteiger partial charge in [0.2, 0.25) is 0 Å². The lowest BCUT2D eigenvalue weighted by Crippen LogP contribution is -2.30. The maximum absolute atomic E-state index is 9.92. The highest BCUT2D eigenvalue weighted by molar-refractivity contribution is 8.93. The van der Waals surface area contributed by atoms with Crippen molar-refractivity contribution in [3.63, 3.8) is 0 Å². The third kappa shape index (κ3) is 3.40. The summed E-state index contributed by atoms with van der Waals surface area (Å²) in [6.45, 7) is 2.01. The highest BCUT2D eigenvalue weighted by Gasteiger charge is 2.17. The molecule has 1 aromatic carbocycles. The van der Waals surface area contributed by atoms with Gasteiger partial charge in [0.15, 0.2) is 0 Å². The molecule has 0 aliphatic rings. The van der Waals surface area contributed by atoms with Gasteiger partial charge in [0.25, 0.3) is 0 Å². The Kier molecular flexibility index (Phi) is 6.00. The average molecular weight is 260 g/mol. The van der Waals surface area contributed by atoms with Gasteiger partial charge in [-0.05, 0) is 26.6 Å². The first-order valence-electron chi connectivity index (χ1n) is 4.52. The minimum absolute atomic E-state index is 0. The van der Waals surface area contributed by atoms with Gasteiger partial charge in [-0.25, -0.2) is 0 Å². The number of aliphatic hydroxyl groups excluding tert-OH is 1. The van der Waals surface area contributed by atoms with Crippen LogP contribution in [0.3, 0.4) is 0 Å². The van der Waals surface area contributed by atoms with Gasteiger partial charge < -0.3 is 10.0 Å². The van der Waals surface area contributed by atoms with E-state index >= 15 is 0 Å². The molecular formula is C11H18BrNO. The molecule has 3 heteroatoms. The van der Waals surface area contributed by atoms with Crippen molar-refractivity contribution in [3.8, 4) is 0 Å². The van der Waals surface area contributed by atoms with Crippen molar-refractivity contribution in [2.75, 3.05) is 14.1 Å². The summed E-state index contributed by atoms with van der Waals surface area (Å²) in [5.74, 6) is 0. The zero-order valence-corrected chi connectivity index (χ0v) is 10.6. The third-order valence-corrected chi connectivity index (χ3v) is 2.41. The molecule has 0 bridgehead atoms. The maximum atomic E-state index is 9.92. The number of hydrogen-bond acceptors (Lipinski definition) is 2. The topological polar surface area (TPSA) is 23.5 Å². The van der Waals surface area contributed by atoms with E-state index in [0.29, 0.717) is 0 Å². The molecule has 0 aliphatic carbocycles. The SMILES string of the molecule is Br.CC(C(O)c1ccccc1)N(C)C. The Morgan fingerprint density at radius 1 is 1.14 bits per heavy atom. The molecule has 2 unspecified atom stereocenters. The third-order valence-electron chi connectivity index (χ3n) is 2.41. The van der Waals surface area contributed by atoms with Gasteiger partial charge in [0, 0.05) is 6.04 Å². The Morgan fingerprint density at radius 2 is 1.64 bits per heavy atom. The fourth-order valence-electron chi connectivity index (χ4n) is 1.21. The molecule has 0 saturated carbocycles. The van der Waals surface area contributed by atoms with E-state index in [1.807, 2.05) is 56.3 Å². The second-order valence-electron chi connectivity index (χ2n) is 3.56. The molecule has 0 aliphatic heterocycles. The summed E-state index contributed by atoms with van der Waals surface area (Å²) in [4.78, 5) is 2.01. The largest absolute Gasteiger partial charge is 0.387 e. The number of hydrogen-bond donors (Lipinski definition) is 1. The lowest BCUT2D eigenvalue weighted by molar-refractivity contribution is 0.0858. The molecular weight excluding hydrogens is 242 g/mol. The highest BCUT2D eigenvalue weighted by atomic mass is 79.9. The van der Waals surface area contributed by atoms with E-state index in [4.69, 9.17) is 0 Å². The lowest BCUT2D eigenvalue weighted by atomic mass is 10.0. The Labute approximate surface area is 96.3 Å². The molecule has 2 atom stereocenters. The molecule has 14 heavy (non-hydrogen) atoms. The molecule has 0 fully saturated rings. The van der Waals surface area contributed by atoms with Crippen LogP contribution in [-0.4, -0.2) is 30.1 Å². The van der Waals surface area contributed by atoms with Gasteiger partial charge in [0.05, 0.1) is 6.10 Å². The highest BCUT2D eigenvalue weighted by Crippen LogP contribution is 2.18. The average Bonchev–Trinajstić information content (AvgIpc) is 2.17. The van der Waals surface area contributed by atoms with Gasteiger partial charge >= 0.3 is 0 Å². The summed E-state index contributed by atoms with van der Waals surface area (Å²) in [5.41, 5.74) is 0.976. The van der Waals surface area contributed by atoms with Crippen LogP contribution in [0.25, 0.3) is 0 Å². The Morgan fingerprint density at radius 3 is 2.07 bits per heavy atom. The van der Waals surface area contributed by atoms with Gasteiger partial charge in [-0.3, -0.25) is 0 Å². The number of nitrogens with zero attached hydrogens (tertiary/aromatic N) is 1. The van der Waals surface area contributed by atoms with Crippen molar-refractivity contribution < 1.29 is 5.11 Å². The number of aliphatic hydroxyl groups is 1. The number of likely N-dealkylation sites (N-methyl/N-ethyl adjacent to an activating group) is 1. The fraction of sp³-hybridized carbons (Fsp3) is 0.455. The zero-order chi connectivity index (χ0) is 9.84. The number of benzene rings is 1. The maximum Gasteiger partial charge on any atom is 0.0942 e. The van der Waals surface area contributed by atoms with E-state index in [9.17, 15) is 5.11 Å². The summed E-state index contributed by atoms with van der Waals surface area (Å²) in [7, 11) is 3.94. The van der Waals surface area contributed by atoms with Crippen LogP contribution in [0.5, 0.6) is 0 Å². The van der Waals surface area contributed by atoms with E-state index < -0.39 is 6.10 Å². The Hall–Kier alpha value is -0.380. The summed E-state index contributed by atoms with van der Waals surface area (Å²) in [5, 5.41) is 9.92. The number of halogens is 1. The predicted octanol–water partition coefficient (Wildman–Crippen LogP) is 2.25. The van der Waals surface area contributed by atoms with Crippen LogP contribution >= 0.6 is 17.0 Å². The molecule has 0 saturated heterocycles. The first kappa shape index (κ1) is 13.6. The first-order valence-corrected chi connectivity index (χ1v) is 4.52. The van der Waals surface area contributed by atoms with Crippen LogP contribution < -0.4 is 0 Å². The van der Waals surface area contributed by atoms with Gasteiger partial charge in [0.1, 0.15) is 0 Å². The van der Waals surface area contributed by atoms with Crippen molar-refractivity contribution in [2.24, 2.45) is 0 Å². The normalized spacial score (nSPS) is 14.6. The van der Waals surface area contributed by atoms with Crippen LogP contribution in [0.4, 0.5) is 0 Å². The van der Waals surface area contributed by atoms with Crippen LogP contribution in [0, 0.1) is 0 Å². The molecule has 2 nitrogen and oxygen atoms in total. The standard InChI is InChI=1S/C11H17NO.BrH/c1-9(12(2)3)11(13)10-7-5-4-6-8-10;/h4-9,11,13H,1-3H3;1H. The quantitative estimate of drug-likeness (QED) is 0.901. The molecule has 1 aromatic rings. The van der Waals surface area contributed by atoms with E-state index in [1.165, 1.54) is 0 Å². The molecule has 1 rings (SSSR count). The molecule has 0 spiro atoms. The molecule has 1 N–H and O–H groups in total. The Balaban J connectivity index is 0.00000169. The van der Waals surface area contributed by atoms with Crippen LogP contribution in [0.15, 0.2) is 30.3 Å². The van der Waals surface area contributed by atoms with E-state index in [-0.39, 0.29) is 23.0 Å². The summed E-state index contributed by atoms with van der Waals surface area (Å²) in [6.07, 6.45) is -0.406. The van der Waals surface area contributed by atoms with Crippen LogP contribution in [0.2, 0.25) is 0 Å². The number of rotatable bonds is 3. The van der Waals surface area contributed by atoms with Crippen molar-refractivity contribution >= 4 is 17.0 Å². The zero-order valence-electron chi connectivity index (χ0n) is 8.84. The van der Waals surface area contributed by atoms with Crippen molar-refractivity contribution in [1.82, 2.24) is 4.90 Å². The van der Waals surface area contributed by atoms with Crippen LogP contribution in [0.1, 0.15) is 18.6 Å². The summed E-state index contributed by atoms with van der Waals surface area (Å²) >= 11 is 0. The first-order chi connectivity index (χ1) is 6.13. The minimum Gasteiger partial charge on any atom is -0.387 e. The van der Waals surface area contributed by atoms with Crippen molar-refractivity contribution in [3.05, 3.63) is 35.9 Å². The van der Waals surface area contributed by atoms with Crippen molar-refractivity contribution in [2.45, 2.75) is 19.1 Å². The van der Waals surface area contributed by atoms with Gasteiger partial charge in [-0.1, -0.05) is 30.3 Å². The molecule has 80 valence electrons. The van der Waals surface area contributed by atoms with Crippen LogP contribution in [-0.2, 0) is 0 Å². The monoisotopic (exact) mass is 259 g/mol. The fourth-order valence-corrected chi connectivity index (χ4v) is 1.21. The molecule has 0 aromatic heterocycles. The second kappa shape index (κ2) is 6.17. The smallest absolute Gasteiger partial charge is 0.0942 e. The van der Waals surface area contributed by atoms with E-state index in [2.05, 4.69) is 0 Å². The summed E-state index contributed by atoms with van der Waals surface area (Å²) < 4.78 is 0. The molecule has 0 amide bonds.